The van der Waals surface area contributed by atoms with Gasteiger partial charge in [0.05, 0.1) is 12.6 Å². The smallest absolute Gasteiger partial charge is 0.317 e. The molecule has 0 heterocycles. The van der Waals surface area contributed by atoms with Gasteiger partial charge in [0.25, 0.3) is 0 Å². The van der Waals surface area contributed by atoms with E-state index < -0.39 is 5.97 Å². The van der Waals surface area contributed by atoms with Crippen molar-refractivity contribution < 1.29 is 14.7 Å². The zero-order valence-electron chi connectivity index (χ0n) is 11.3. The van der Waals surface area contributed by atoms with Crippen LogP contribution in [0.1, 0.15) is 39.5 Å². The van der Waals surface area contributed by atoms with Crippen LogP contribution in [0.15, 0.2) is 0 Å². The molecule has 0 bridgehead atoms. The number of hydrogen-bond acceptors (Lipinski definition) is 3. The summed E-state index contributed by atoms with van der Waals surface area (Å²) in [4.78, 5) is 24.5. The molecule has 1 atom stereocenters. The molecule has 1 saturated carbocycles. The van der Waals surface area contributed by atoms with E-state index in [0.29, 0.717) is 19.0 Å². The predicted molar refractivity (Wildman–Crippen MR) is 69.3 cm³/mol. The molecular weight excluding hydrogens is 232 g/mol. The van der Waals surface area contributed by atoms with Gasteiger partial charge in [-0.3, -0.25) is 14.5 Å². The second kappa shape index (κ2) is 7.36. The number of carbonyl (C=O) groups excluding carboxylic acids is 1. The van der Waals surface area contributed by atoms with E-state index in [9.17, 15) is 9.59 Å². The quantitative estimate of drug-likeness (QED) is 0.606. The molecule has 5 nitrogen and oxygen atoms in total. The molecule has 104 valence electrons. The maximum atomic E-state index is 11.9. The lowest BCUT2D eigenvalue weighted by atomic mass is 10.2. The second-order valence-electron chi connectivity index (χ2n) is 5.09. The first-order valence-corrected chi connectivity index (χ1v) is 6.78. The van der Waals surface area contributed by atoms with Gasteiger partial charge in [-0.2, -0.15) is 0 Å². The van der Waals surface area contributed by atoms with Gasteiger partial charge in [0.1, 0.15) is 0 Å². The summed E-state index contributed by atoms with van der Waals surface area (Å²) in [6.07, 6.45) is 4.30. The number of aliphatic carboxylic acids is 1. The lowest BCUT2D eigenvalue weighted by Crippen LogP contribution is -2.48. The fraction of sp³-hybridized carbons (Fsp3) is 0.846. The molecule has 0 radical (unpaired) electrons. The third-order valence-electron chi connectivity index (χ3n) is 3.28. The summed E-state index contributed by atoms with van der Waals surface area (Å²) in [5, 5.41) is 11.7. The Morgan fingerprint density at radius 2 is 2.11 bits per heavy atom. The van der Waals surface area contributed by atoms with Crippen molar-refractivity contribution in [3.63, 3.8) is 0 Å². The summed E-state index contributed by atoms with van der Waals surface area (Å²) in [6, 6.07) is -0.362. The molecule has 0 spiro atoms. The van der Waals surface area contributed by atoms with E-state index in [1.54, 1.807) is 11.8 Å². The fourth-order valence-electron chi connectivity index (χ4n) is 1.87. The van der Waals surface area contributed by atoms with E-state index in [2.05, 4.69) is 12.2 Å². The Kier molecular flexibility index (Phi) is 6.12. The van der Waals surface area contributed by atoms with E-state index in [-0.39, 0.29) is 18.5 Å². The first-order chi connectivity index (χ1) is 8.54. The lowest BCUT2D eigenvalue weighted by Gasteiger charge is -2.26. The molecule has 2 N–H and O–H groups in total. The van der Waals surface area contributed by atoms with Crippen molar-refractivity contribution in [3.8, 4) is 0 Å². The highest BCUT2D eigenvalue weighted by atomic mass is 16.4. The molecule has 18 heavy (non-hydrogen) atoms. The van der Waals surface area contributed by atoms with Gasteiger partial charge in [0.15, 0.2) is 0 Å². The van der Waals surface area contributed by atoms with Gasteiger partial charge in [0.2, 0.25) is 5.91 Å². The molecule has 1 unspecified atom stereocenters. The summed E-state index contributed by atoms with van der Waals surface area (Å²) in [7, 11) is 0. The minimum atomic E-state index is -0.871. The van der Waals surface area contributed by atoms with Crippen LogP contribution in [-0.2, 0) is 9.59 Å². The molecule has 0 aromatic heterocycles. The van der Waals surface area contributed by atoms with Crippen molar-refractivity contribution in [1.82, 2.24) is 10.2 Å². The van der Waals surface area contributed by atoms with Crippen LogP contribution >= 0.6 is 0 Å². The number of carbonyl (C=O) groups is 2. The molecule has 0 aliphatic heterocycles. The highest BCUT2D eigenvalue weighted by Gasteiger charge is 2.30. The van der Waals surface area contributed by atoms with E-state index in [1.807, 2.05) is 0 Å². The Morgan fingerprint density at radius 1 is 1.44 bits per heavy atom. The van der Waals surface area contributed by atoms with E-state index in [1.165, 1.54) is 0 Å². The molecule has 1 aliphatic carbocycles. The Morgan fingerprint density at radius 3 is 2.61 bits per heavy atom. The molecule has 0 saturated heterocycles. The summed E-state index contributed by atoms with van der Waals surface area (Å²) >= 11 is 0. The molecular formula is C13H24N2O3. The fourth-order valence-corrected chi connectivity index (χ4v) is 1.87. The average molecular weight is 256 g/mol. The van der Waals surface area contributed by atoms with Gasteiger partial charge in [0, 0.05) is 13.1 Å². The molecule has 1 fully saturated rings. The van der Waals surface area contributed by atoms with Crippen LogP contribution in [0.25, 0.3) is 0 Å². The molecule has 1 aliphatic rings. The van der Waals surface area contributed by atoms with Crippen molar-refractivity contribution in [2.75, 3.05) is 19.6 Å². The van der Waals surface area contributed by atoms with Crippen LogP contribution in [-0.4, -0.2) is 47.6 Å². The Bertz CT molecular complexity index is 290. The Hall–Kier alpha value is -1.10. The monoisotopic (exact) mass is 256 g/mol. The van der Waals surface area contributed by atoms with Crippen LogP contribution in [0, 0.1) is 5.92 Å². The average Bonchev–Trinajstić information content (AvgIpc) is 3.10. The van der Waals surface area contributed by atoms with Gasteiger partial charge in [-0.1, -0.05) is 13.3 Å². The molecule has 5 heteroatoms. The first-order valence-electron chi connectivity index (χ1n) is 6.78. The van der Waals surface area contributed by atoms with Crippen LogP contribution < -0.4 is 5.32 Å². The van der Waals surface area contributed by atoms with E-state index in [0.717, 1.165) is 25.7 Å². The molecule has 1 amide bonds. The number of amides is 1. The number of carboxylic acids is 1. The maximum absolute atomic E-state index is 11.9. The van der Waals surface area contributed by atoms with Gasteiger partial charge in [-0.25, -0.2) is 0 Å². The minimum Gasteiger partial charge on any atom is -0.480 e. The van der Waals surface area contributed by atoms with Crippen molar-refractivity contribution in [2.24, 2.45) is 5.92 Å². The predicted octanol–water partition coefficient (Wildman–Crippen LogP) is 1.09. The van der Waals surface area contributed by atoms with E-state index >= 15 is 0 Å². The molecule has 1 rings (SSSR count). The third kappa shape index (κ3) is 5.49. The van der Waals surface area contributed by atoms with Crippen molar-refractivity contribution >= 4 is 11.9 Å². The summed E-state index contributed by atoms with van der Waals surface area (Å²) in [5.41, 5.74) is 0. The van der Waals surface area contributed by atoms with Gasteiger partial charge in [-0.15, -0.1) is 0 Å². The van der Waals surface area contributed by atoms with Gasteiger partial charge < -0.3 is 10.4 Å². The van der Waals surface area contributed by atoms with Crippen LogP contribution in [0.2, 0.25) is 0 Å². The normalized spacial score (nSPS) is 16.6. The number of rotatable bonds is 9. The SMILES string of the molecule is CCCCNC(=O)C(C)N(CC(=O)O)CC1CC1. The molecule has 0 aromatic rings. The lowest BCUT2D eigenvalue weighted by molar-refractivity contribution is -0.140. The highest BCUT2D eigenvalue weighted by Crippen LogP contribution is 2.30. The highest BCUT2D eigenvalue weighted by molar-refractivity contribution is 5.82. The third-order valence-corrected chi connectivity index (χ3v) is 3.28. The summed E-state index contributed by atoms with van der Waals surface area (Å²) < 4.78 is 0. The number of carboxylic acid groups (broad SMARTS) is 1. The zero-order chi connectivity index (χ0) is 13.5. The standard InChI is InChI=1S/C13H24N2O3/c1-3-4-7-14-13(18)10(2)15(9-12(16)17)8-11-5-6-11/h10-11H,3-9H2,1-2H3,(H,14,18)(H,16,17). The zero-order valence-corrected chi connectivity index (χ0v) is 11.3. The van der Waals surface area contributed by atoms with Crippen molar-refractivity contribution in [3.05, 3.63) is 0 Å². The Labute approximate surface area is 109 Å². The summed E-state index contributed by atoms with van der Waals surface area (Å²) in [5.74, 6) is -0.357. The number of unbranched alkanes of at least 4 members (excludes halogenated alkanes) is 1. The minimum absolute atomic E-state index is 0.0567. The summed E-state index contributed by atoms with van der Waals surface area (Å²) in [6.45, 7) is 5.18. The maximum Gasteiger partial charge on any atom is 0.317 e. The van der Waals surface area contributed by atoms with Gasteiger partial charge in [-0.05, 0) is 32.1 Å². The second-order valence-corrected chi connectivity index (χ2v) is 5.09. The van der Waals surface area contributed by atoms with E-state index in [4.69, 9.17) is 5.11 Å². The largest absolute Gasteiger partial charge is 0.480 e. The molecule has 0 aromatic carbocycles. The van der Waals surface area contributed by atoms with Crippen molar-refractivity contribution in [1.29, 1.82) is 0 Å². The number of nitrogens with one attached hydrogen (secondary N) is 1. The van der Waals surface area contributed by atoms with Crippen LogP contribution in [0.4, 0.5) is 0 Å². The first kappa shape index (κ1) is 15.0. The Balaban J connectivity index is 2.42. The number of hydrogen-bond donors (Lipinski definition) is 2. The number of nitrogens with zero attached hydrogens (tertiary/aromatic N) is 1. The van der Waals surface area contributed by atoms with Crippen molar-refractivity contribution in [2.45, 2.75) is 45.6 Å². The van der Waals surface area contributed by atoms with Gasteiger partial charge >= 0.3 is 5.97 Å². The topological polar surface area (TPSA) is 69.6 Å². The van der Waals surface area contributed by atoms with Crippen LogP contribution in [0.5, 0.6) is 0 Å². The van der Waals surface area contributed by atoms with Crippen LogP contribution in [0.3, 0.4) is 0 Å².